The molecule has 0 atom stereocenters. The van der Waals surface area contributed by atoms with Gasteiger partial charge in [-0.05, 0) is 90.6 Å². The van der Waals surface area contributed by atoms with Gasteiger partial charge in [0, 0.05) is 0 Å². The number of rotatable bonds is 7. The molecule has 0 aliphatic heterocycles. The first-order chi connectivity index (χ1) is 18.2. The van der Waals surface area contributed by atoms with E-state index in [-0.39, 0.29) is 33.4 Å². The molecule has 5 nitrogen and oxygen atoms in total. The molecule has 1 amide bonds. The van der Waals surface area contributed by atoms with Gasteiger partial charge in [-0.3, -0.25) is 4.79 Å². The van der Waals surface area contributed by atoms with Crippen LogP contribution in [0.25, 0.3) is 0 Å². The van der Waals surface area contributed by atoms with E-state index in [2.05, 4.69) is 14.2 Å². The highest BCUT2D eigenvalue weighted by atomic mass is 19.4. The summed E-state index contributed by atoms with van der Waals surface area (Å²) in [5.74, 6) is -3.03. The van der Waals surface area contributed by atoms with E-state index >= 15 is 0 Å². The van der Waals surface area contributed by atoms with Crippen molar-refractivity contribution in [3.8, 4) is 17.2 Å². The lowest BCUT2D eigenvalue weighted by Gasteiger charge is -2.36. The van der Waals surface area contributed by atoms with E-state index in [0.29, 0.717) is 0 Å². The molecule has 0 radical (unpaired) electrons. The number of alkyl halides is 9. The summed E-state index contributed by atoms with van der Waals surface area (Å²) in [5, 5.41) is 0. The fourth-order valence-electron chi connectivity index (χ4n) is 4.60. The van der Waals surface area contributed by atoms with Gasteiger partial charge >= 0.3 is 19.1 Å². The van der Waals surface area contributed by atoms with E-state index in [0.717, 1.165) is 54.6 Å². The Kier molecular flexibility index (Phi) is 7.97. The van der Waals surface area contributed by atoms with Gasteiger partial charge in [0.1, 0.15) is 22.7 Å². The van der Waals surface area contributed by atoms with Gasteiger partial charge in [0.25, 0.3) is 0 Å². The number of carbonyl (C=O) groups is 1. The molecule has 0 aromatic heterocycles. The van der Waals surface area contributed by atoms with Crippen molar-refractivity contribution in [1.82, 2.24) is 0 Å². The van der Waals surface area contributed by atoms with E-state index in [1.165, 1.54) is 20.8 Å². The van der Waals surface area contributed by atoms with Crippen molar-refractivity contribution < 1.29 is 58.5 Å². The molecule has 0 bridgehead atoms. The molecule has 0 aliphatic carbocycles. The minimum atomic E-state index is -5.04. The second kappa shape index (κ2) is 10.5. The van der Waals surface area contributed by atoms with Crippen LogP contribution in [0.3, 0.4) is 0 Å². The maximum atomic E-state index is 13.4. The molecule has 0 unspecified atom stereocenters. The summed E-state index contributed by atoms with van der Waals surface area (Å²) in [6.45, 7) is 4.01. The Hall–Kier alpha value is -4.10. The maximum Gasteiger partial charge on any atom is 0.573 e. The highest BCUT2D eigenvalue weighted by molar-refractivity contribution is 5.96. The highest BCUT2D eigenvalue weighted by Gasteiger charge is 2.46. The number of primary amides is 1. The molecule has 0 saturated carbocycles. The monoisotopic (exact) mass is 581 g/mol. The molecule has 0 aliphatic rings. The van der Waals surface area contributed by atoms with Crippen LogP contribution in [0.15, 0.2) is 54.6 Å². The lowest BCUT2D eigenvalue weighted by atomic mass is 9.65. The lowest BCUT2D eigenvalue weighted by molar-refractivity contribution is -0.275. The number of ether oxygens (including phenoxy) is 3. The van der Waals surface area contributed by atoms with Gasteiger partial charge in [-0.1, -0.05) is 18.2 Å². The summed E-state index contributed by atoms with van der Waals surface area (Å²) >= 11 is 0. The van der Waals surface area contributed by atoms with Crippen molar-refractivity contribution in [2.45, 2.75) is 45.3 Å². The van der Waals surface area contributed by atoms with Crippen molar-refractivity contribution in [2.24, 2.45) is 5.73 Å². The number of aryl methyl sites for hydroxylation is 3. The van der Waals surface area contributed by atoms with Gasteiger partial charge in [-0.15, -0.1) is 39.5 Å². The van der Waals surface area contributed by atoms with Crippen LogP contribution in [0.2, 0.25) is 0 Å². The van der Waals surface area contributed by atoms with Crippen molar-refractivity contribution in [1.29, 1.82) is 0 Å². The Morgan fingerprint density at radius 3 is 0.975 bits per heavy atom. The average molecular weight is 581 g/mol. The number of halogens is 9. The number of hydrogen-bond donors (Lipinski definition) is 1. The minimum Gasteiger partial charge on any atom is -0.406 e. The molecule has 3 rings (SSSR count). The second-order valence-electron chi connectivity index (χ2n) is 8.69. The van der Waals surface area contributed by atoms with Crippen LogP contribution in [0.1, 0.15) is 33.4 Å². The first-order valence-corrected chi connectivity index (χ1v) is 11.1. The summed E-state index contributed by atoms with van der Waals surface area (Å²) in [6, 6.07) is 8.94. The molecule has 0 saturated heterocycles. The molecule has 0 fully saturated rings. The first kappa shape index (κ1) is 30.4. The van der Waals surface area contributed by atoms with Crippen molar-refractivity contribution in [3.05, 3.63) is 88.0 Å². The third-order valence-electron chi connectivity index (χ3n) is 5.88. The van der Waals surface area contributed by atoms with Gasteiger partial charge in [0.05, 0.1) is 0 Å². The van der Waals surface area contributed by atoms with E-state index in [4.69, 9.17) is 5.73 Å². The van der Waals surface area contributed by atoms with Crippen molar-refractivity contribution in [2.75, 3.05) is 0 Å². The zero-order valence-corrected chi connectivity index (χ0v) is 20.8. The molecule has 2 N–H and O–H groups in total. The number of hydrogen-bond acceptors (Lipinski definition) is 4. The SMILES string of the molecule is Cc1cc(OC(F)(F)F)ccc1C(C(N)=O)(c1ccc(OC(F)(F)F)cc1C)c1ccc(OC(F)(F)F)cc1C. The van der Waals surface area contributed by atoms with Gasteiger partial charge in [0.15, 0.2) is 0 Å². The van der Waals surface area contributed by atoms with E-state index in [1.54, 1.807) is 0 Å². The smallest absolute Gasteiger partial charge is 0.406 e. The molecule has 3 aromatic carbocycles. The lowest BCUT2D eigenvalue weighted by Crippen LogP contribution is -2.45. The topological polar surface area (TPSA) is 70.8 Å². The summed E-state index contributed by atoms with van der Waals surface area (Å²) in [6.07, 6.45) is -15.1. The average Bonchev–Trinajstić information content (AvgIpc) is 2.74. The largest absolute Gasteiger partial charge is 0.573 e. The maximum absolute atomic E-state index is 13.4. The molecule has 3 aromatic rings. The normalized spacial score (nSPS) is 12.7. The minimum absolute atomic E-state index is 0.00490. The van der Waals surface area contributed by atoms with Gasteiger partial charge < -0.3 is 19.9 Å². The summed E-state index contributed by atoms with van der Waals surface area (Å²) < 4.78 is 127. The number of nitrogens with two attached hydrogens (primary N) is 1. The summed E-state index contributed by atoms with van der Waals surface area (Å²) in [5.41, 5.74) is 3.94. The molecule has 216 valence electrons. The fourth-order valence-corrected chi connectivity index (χ4v) is 4.60. The van der Waals surface area contributed by atoms with Crippen LogP contribution in [0.4, 0.5) is 39.5 Å². The van der Waals surface area contributed by atoms with Gasteiger partial charge in [0.2, 0.25) is 5.91 Å². The number of carbonyl (C=O) groups excluding carboxylic acids is 1. The van der Waals surface area contributed by atoms with E-state index < -0.39 is 47.7 Å². The Labute approximate surface area is 221 Å². The van der Waals surface area contributed by atoms with Crippen LogP contribution in [0.5, 0.6) is 17.2 Å². The Morgan fingerprint density at radius 2 is 0.800 bits per heavy atom. The van der Waals surface area contributed by atoms with Crippen LogP contribution in [0, 0.1) is 20.8 Å². The van der Waals surface area contributed by atoms with E-state index in [1.807, 2.05) is 0 Å². The number of amides is 1. The standard InChI is InChI=1S/C26H20F9NO4/c1-13-10-16(38-24(27,28)29)4-7-19(13)23(22(36)37,20-8-5-17(11-14(20)2)39-25(30,31)32)21-9-6-18(12-15(21)3)40-26(33,34)35/h4-12H,1-3H3,(H2,36,37). The Morgan fingerprint density at radius 1 is 0.550 bits per heavy atom. The Balaban J connectivity index is 2.36. The molecular weight excluding hydrogens is 561 g/mol. The third-order valence-corrected chi connectivity index (χ3v) is 5.88. The Bertz CT molecular complexity index is 1250. The summed E-state index contributed by atoms with van der Waals surface area (Å²) in [7, 11) is 0. The van der Waals surface area contributed by atoms with Crippen LogP contribution >= 0.6 is 0 Å². The zero-order valence-electron chi connectivity index (χ0n) is 20.8. The van der Waals surface area contributed by atoms with Crippen LogP contribution in [-0.4, -0.2) is 25.0 Å². The molecular formula is C26H20F9NO4. The predicted molar refractivity (Wildman–Crippen MR) is 123 cm³/mol. The van der Waals surface area contributed by atoms with Crippen molar-refractivity contribution >= 4 is 5.91 Å². The molecule has 0 spiro atoms. The second-order valence-corrected chi connectivity index (χ2v) is 8.69. The first-order valence-electron chi connectivity index (χ1n) is 11.1. The molecule has 0 heterocycles. The third kappa shape index (κ3) is 6.72. The predicted octanol–water partition coefficient (Wildman–Crippen LogP) is 7.13. The van der Waals surface area contributed by atoms with Crippen molar-refractivity contribution in [3.63, 3.8) is 0 Å². The van der Waals surface area contributed by atoms with Crippen LogP contribution in [-0.2, 0) is 10.2 Å². The molecule has 14 heteroatoms. The van der Waals surface area contributed by atoms with E-state index in [9.17, 15) is 44.3 Å². The van der Waals surface area contributed by atoms with Gasteiger partial charge in [-0.2, -0.15) is 0 Å². The fraction of sp³-hybridized carbons (Fsp3) is 0.269. The summed E-state index contributed by atoms with van der Waals surface area (Å²) in [4.78, 5) is 13.4. The zero-order chi connectivity index (χ0) is 30.3. The quantitative estimate of drug-likeness (QED) is 0.238. The molecule has 40 heavy (non-hydrogen) atoms. The number of benzene rings is 3. The van der Waals surface area contributed by atoms with Crippen LogP contribution < -0.4 is 19.9 Å². The highest BCUT2D eigenvalue weighted by Crippen LogP contribution is 2.46. The van der Waals surface area contributed by atoms with Gasteiger partial charge in [-0.25, -0.2) is 0 Å².